The van der Waals surface area contributed by atoms with Gasteiger partial charge in [-0.15, -0.1) is 0 Å². The molecule has 3 nitrogen and oxygen atoms in total. The Kier molecular flexibility index (Phi) is 5.07. The van der Waals surface area contributed by atoms with Crippen LogP contribution in [0.2, 0.25) is 0 Å². The van der Waals surface area contributed by atoms with Gasteiger partial charge in [-0.25, -0.2) is 4.79 Å². The van der Waals surface area contributed by atoms with Crippen LogP contribution in [0.5, 0.6) is 0 Å². The summed E-state index contributed by atoms with van der Waals surface area (Å²) in [6.07, 6.45) is 1.93. The number of halogens is 1. The Morgan fingerprint density at radius 3 is 2.50 bits per heavy atom. The number of benzene rings is 2. The largest absolute Gasteiger partial charge is 0.466 e. The molecule has 0 bridgehead atoms. The van der Waals surface area contributed by atoms with Crippen LogP contribution in [-0.2, 0) is 16.1 Å². The molecule has 0 radical (unpaired) electrons. The number of rotatable bonds is 2. The summed E-state index contributed by atoms with van der Waals surface area (Å²) in [7, 11) is 1.42. The summed E-state index contributed by atoms with van der Waals surface area (Å²) >= 11 is 0. The zero-order valence-electron chi connectivity index (χ0n) is 12.3. The van der Waals surface area contributed by atoms with Gasteiger partial charge in [0.2, 0.25) is 0 Å². The van der Waals surface area contributed by atoms with Crippen LogP contribution in [0.25, 0.3) is 6.08 Å². The molecular weight excluding hydrogens is 281 g/mol. The molecule has 0 saturated heterocycles. The summed E-state index contributed by atoms with van der Waals surface area (Å²) in [5.74, 6) is -0.298. The van der Waals surface area contributed by atoms with E-state index < -0.39 is 0 Å². The van der Waals surface area contributed by atoms with Crippen molar-refractivity contribution in [1.29, 1.82) is 0 Å². The van der Waals surface area contributed by atoms with Crippen LogP contribution in [-0.4, -0.2) is 13.1 Å². The predicted octanol–water partition coefficient (Wildman–Crippen LogP) is 3.24. The molecule has 1 unspecified atom stereocenters. The first-order chi connectivity index (χ1) is 10.3. The monoisotopic (exact) mass is 299 g/mol. The molecule has 1 aliphatic rings. The molecule has 1 aliphatic heterocycles. The third-order valence-corrected chi connectivity index (χ3v) is 3.73. The first kappa shape index (κ1) is 15.9. The molecule has 4 heteroatoms. The second-order valence-electron chi connectivity index (χ2n) is 5.01. The second-order valence-corrected chi connectivity index (χ2v) is 5.01. The summed E-state index contributed by atoms with van der Waals surface area (Å²) in [4.78, 5) is 12.2. The molecule has 0 saturated carbocycles. The summed E-state index contributed by atoms with van der Waals surface area (Å²) in [6, 6.07) is 17.9. The molecule has 3 rings (SSSR count). The first-order valence-electron chi connectivity index (χ1n) is 6.96. The first-order valence-corrected chi connectivity index (χ1v) is 6.96. The van der Waals surface area contributed by atoms with E-state index in [1.54, 1.807) is 0 Å². The summed E-state index contributed by atoms with van der Waals surface area (Å²) in [5.41, 5.74) is 3.93. The maximum atomic E-state index is 12.2. The third kappa shape index (κ3) is 3.07. The van der Waals surface area contributed by atoms with Gasteiger partial charge in [-0.1, -0.05) is 54.6 Å². The Morgan fingerprint density at radius 1 is 1.09 bits per heavy atom. The number of fused-ring (bicyclic) bond motifs is 1. The van der Waals surface area contributed by atoms with Gasteiger partial charge in [0.1, 0.15) is 0 Å². The van der Waals surface area contributed by atoms with Crippen molar-refractivity contribution in [2.24, 2.45) is 0 Å². The highest BCUT2D eigenvalue weighted by molar-refractivity contribution is 5.95. The average molecular weight is 299 g/mol. The Bertz CT molecular complexity index is 682. The molecule has 1 heterocycles. The summed E-state index contributed by atoms with van der Waals surface area (Å²) in [6.45, 7) is 0.715. The van der Waals surface area contributed by atoms with E-state index in [0.717, 1.165) is 11.1 Å². The van der Waals surface area contributed by atoms with E-state index in [4.69, 9.17) is 4.74 Å². The minimum absolute atomic E-state index is 0. The van der Waals surface area contributed by atoms with E-state index in [0.29, 0.717) is 12.1 Å². The lowest BCUT2D eigenvalue weighted by Crippen LogP contribution is -2.25. The van der Waals surface area contributed by atoms with Crippen molar-refractivity contribution in [2.75, 3.05) is 7.11 Å². The quantitative estimate of drug-likeness (QED) is 0.865. The van der Waals surface area contributed by atoms with Crippen LogP contribution in [0.1, 0.15) is 22.7 Å². The molecule has 22 heavy (non-hydrogen) atoms. The number of carbonyl (C=O) groups excluding carboxylic acids is 1. The Morgan fingerprint density at radius 2 is 1.77 bits per heavy atom. The fourth-order valence-electron chi connectivity index (χ4n) is 2.65. The number of carbonyl (C=O) groups is 1. The topological polar surface area (TPSA) is 38.3 Å². The highest BCUT2D eigenvalue weighted by Crippen LogP contribution is 2.29. The van der Waals surface area contributed by atoms with Gasteiger partial charge in [-0.05, 0) is 22.8 Å². The number of ether oxygens (including phenoxy) is 1. The number of esters is 1. The minimum atomic E-state index is -0.298. The molecule has 1 N–H and O–H groups in total. The lowest BCUT2D eigenvalue weighted by molar-refractivity contribution is -0.136. The van der Waals surface area contributed by atoms with Gasteiger partial charge >= 0.3 is 5.97 Å². The van der Waals surface area contributed by atoms with Gasteiger partial charge in [0, 0.05) is 6.54 Å². The molecule has 2 aromatic carbocycles. The number of hydrogen-bond acceptors (Lipinski definition) is 3. The fourth-order valence-corrected chi connectivity index (χ4v) is 2.65. The van der Waals surface area contributed by atoms with Crippen LogP contribution in [0.4, 0.5) is 4.70 Å². The van der Waals surface area contributed by atoms with Gasteiger partial charge in [0.05, 0.1) is 18.7 Å². The molecule has 0 aliphatic carbocycles. The van der Waals surface area contributed by atoms with Crippen LogP contribution in [0.3, 0.4) is 0 Å². The zero-order valence-corrected chi connectivity index (χ0v) is 12.3. The number of hydrogen-bond donors (Lipinski definition) is 1. The Labute approximate surface area is 129 Å². The number of nitrogens with one attached hydrogen (secondary N) is 1. The molecule has 1 atom stereocenters. The van der Waals surface area contributed by atoms with E-state index in [9.17, 15) is 4.79 Å². The summed E-state index contributed by atoms with van der Waals surface area (Å²) in [5, 5.41) is 3.45. The van der Waals surface area contributed by atoms with E-state index in [2.05, 4.69) is 11.4 Å². The van der Waals surface area contributed by atoms with Crippen LogP contribution < -0.4 is 5.32 Å². The van der Waals surface area contributed by atoms with Crippen LogP contribution in [0.15, 0.2) is 60.2 Å². The highest BCUT2D eigenvalue weighted by Gasteiger charge is 2.25. The summed E-state index contributed by atoms with van der Waals surface area (Å²) < 4.78 is 4.96. The molecule has 0 spiro atoms. The van der Waals surface area contributed by atoms with Crippen molar-refractivity contribution < 1.29 is 14.2 Å². The van der Waals surface area contributed by atoms with Gasteiger partial charge in [-0.3, -0.25) is 4.70 Å². The molecule has 0 fully saturated rings. The lowest BCUT2D eigenvalue weighted by atomic mass is 9.97. The van der Waals surface area contributed by atoms with Crippen molar-refractivity contribution in [1.82, 2.24) is 5.32 Å². The van der Waals surface area contributed by atoms with E-state index in [1.807, 2.05) is 54.6 Å². The standard InChI is InChI=1S/C18H17NO2.FH/c1-21-18(20)16-11-14-9-5-6-10-15(14)12-19-17(16)13-7-3-2-4-8-13;/h2-11,17,19H,12H2,1H3;1H. The van der Waals surface area contributed by atoms with Crippen molar-refractivity contribution in [3.8, 4) is 0 Å². The molecule has 0 aromatic heterocycles. The molecule has 0 amide bonds. The Hall–Kier alpha value is -2.46. The average Bonchev–Trinajstić information content (AvgIpc) is 2.74. The van der Waals surface area contributed by atoms with Gasteiger partial charge in [0.15, 0.2) is 0 Å². The van der Waals surface area contributed by atoms with Gasteiger partial charge in [-0.2, -0.15) is 0 Å². The third-order valence-electron chi connectivity index (χ3n) is 3.73. The molecule has 114 valence electrons. The highest BCUT2D eigenvalue weighted by atomic mass is 19.0. The van der Waals surface area contributed by atoms with Crippen LogP contribution in [0, 0.1) is 0 Å². The van der Waals surface area contributed by atoms with E-state index >= 15 is 0 Å². The van der Waals surface area contributed by atoms with Crippen molar-refractivity contribution in [3.05, 3.63) is 76.9 Å². The Balaban J connectivity index is 0.00000176. The molecule has 2 aromatic rings. The molecular formula is C18H18FNO2. The zero-order chi connectivity index (χ0) is 14.7. The van der Waals surface area contributed by atoms with E-state index in [1.165, 1.54) is 12.7 Å². The minimum Gasteiger partial charge on any atom is -0.466 e. The maximum Gasteiger partial charge on any atom is 0.335 e. The second kappa shape index (κ2) is 7.00. The van der Waals surface area contributed by atoms with Crippen molar-refractivity contribution in [2.45, 2.75) is 12.6 Å². The van der Waals surface area contributed by atoms with Gasteiger partial charge < -0.3 is 10.1 Å². The fraction of sp³-hybridized carbons (Fsp3) is 0.167. The van der Waals surface area contributed by atoms with Gasteiger partial charge in [0.25, 0.3) is 0 Å². The van der Waals surface area contributed by atoms with Crippen molar-refractivity contribution >= 4 is 12.0 Å². The van der Waals surface area contributed by atoms with Crippen molar-refractivity contribution in [3.63, 3.8) is 0 Å². The SMILES string of the molecule is COC(=O)C1=Cc2ccccc2CNC1c1ccccc1.F. The normalized spacial score (nSPS) is 16.6. The smallest absolute Gasteiger partial charge is 0.335 e. The maximum absolute atomic E-state index is 12.2. The lowest BCUT2D eigenvalue weighted by Gasteiger charge is -2.19. The van der Waals surface area contributed by atoms with E-state index in [-0.39, 0.29) is 16.7 Å². The van der Waals surface area contributed by atoms with Crippen LogP contribution >= 0.6 is 0 Å². The predicted molar refractivity (Wildman–Crippen MR) is 85.0 cm³/mol. The number of methoxy groups -OCH3 is 1.